The van der Waals surface area contributed by atoms with Gasteiger partial charge in [0.1, 0.15) is 5.75 Å². The minimum absolute atomic E-state index is 0.105. The summed E-state index contributed by atoms with van der Waals surface area (Å²) >= 11 is 11.9. The van der Waals surface area contributed by atoms with Gasteiger partial charge < -0.3 is 10.1 Å². The molecule has 0 aromatic heterocycles. The molecule has 5 heteroatoms. The lowest BCUT2D eigenvalue weighted by atomic mass is 9.86. The van der Waals surface area contributed by atoms with E-state index in [1.165, 1.54) is 5.56 Å². The number of carbonyl (C=O) groups is 1. The van der Waals surface area contributed by atoms with Crippen molar-refractivity contribution >= 4 is 29.1 Å². The van der Waals surface area contributed by atoms with Crippen molar-refractivity contribution in [1.29, 1.82) is 0 Å². The molecule has 0 aliphatic rings. The van der Waals surface area contributed by atoms with Crippen molar-refractivity contribution in [2.24, 2.45) is 0 Å². The van der Waals surface area contributed by atoms with Gasteiger partial charge in [-0.05, 0) is 41.7 Å². The fourth-order valence-electron chi connectivity index (χ4n) is 2.37. The fraction of sp³-hybridized carbons (Fsp3) is 0.350. The molecule has 0 unspecified atom stereocenters. The van der Waals surface area contributed by atoms with Gasteiger partial charge in [0, 0.05) is 5.02 Å². The number of ether oxygens (including phenoxy) is 1. The van der Waals surface area contributed by atoms with Crippen LogP contribution >= 0.6 is 23.2 Å². The number of amides is 1. The Morgan fingerprint density at radius 2 is 1.76 bits per heavy atom. The highest BCUT2D eigenvalue weighted by atomic mass is 35.5. The second-order valence-corrected chi connectivity index (χ2v) is 7.87. The summed E-state index contributed by atoms with van der Waals surface area (Å²) in [6, 6.07) is 13.1. The number of benzene rings is 2. The van der Waals surface area contributed by atoms with Gasteiger partial charge in [-0.2, -0.15) is 0 Å². The van der Waals surface area contributed by atoms with E-state index in [1.54, 1.807) is 18.2 Å². The maximum atomic E-state index is 12.1. The largest absolute Gasteiger partial charge is 0.482 e. The zero-order valence-electron chi connectivity index (χ0n) is 14.9. The second-order valence-electron chi connectivity index (χ2n) is 7.02. The number of nitrogens with one attached hydrogen (secondary N) is 1. The zero-order valence-corrected chi connectivity index (χ0v) is 16.4. The minimum atomic E-state index is -0.210. The number of hydrogen-bond acceptors (Lipinski definition) is 2. The van der Waals surface area contributed by atoms with Crippen LogP contribution in [0.15, 0.2) is 42.5 Å². The first-order chi connectivity index (χ1) is 11.7. The predicted octanol–water partition coefficient (Wildman–Crippen LogP) is 5.55. The van der Waals surface area contributed by atoms with Crippen LogP contribution in [-0.2, 0) is 10.2 Å². The van der Waals surface area contributed by atoms with E-state index in [-0.39, 0.29) is 24.0 Å². The highest BCUT2D eigenvalue weighted by Crippen LogP contribution is 2.27. The van der Waals surface area contributed by atoms with Gasteiger partial charge in [0.2, 0.25) is 0 Å². The molecule has 0 aliphatic carbocycles. The van der Waals surface area contributed by atoms with Crippen LogP contribution in [0.2, 0.25) is 10.0 Å². The van der Waals surface area contributed by atoms with Crippen molar-refractivity contribution in [3.05, 3.63) is 63.6 Å². The van der Waals surface area contributed by atoms with E-state index < -0.39 is 0 Å². The van der Waals surface area contributed by atoms with Crippen LogP contribution < -0.4 is 10.1 Å². The molecule has 1 atom stereocenters. The lowest BCUT2D eigenvalue weighted by Crippen LogP contribution is -2.31. The van der Waals surface area contributed by atoms with Gasteiger partial charge >= 0.3 is 0 Å². The smallest absolute Gasteiger partial charge is 0.258 e. The maximum absolute atomic E-state index is 12.1. The molecule has 2 aromatic rings. The molecule has 134 valence electrons. The van der Waals surface area contributed by atoms with E-state index in [4.69, 9.17) is 27.9 Å². The monoisotopic (exact) mass is 379 g/mol. The highest BCUT2D eigenvalue weighted by Gasteiger charge is 2.15. The van der Waals surface area contributed by atoms with Gasteiger partial charge in [-0.3, -0.25) is 4.79 Å². The van der Waals surface area contributed by atoms with E-state index in [0.29, 0.717) is 15.8 Å². The van der Waals surface area contributed by atoms with Crippen molar-refractivity contribution in [2.45, 2.75) is 39.2 Å². The zero-order chi connectivity index (χ0) is 18.6. The summed E-state index contributed by atoms with van der Waals surface area (Å²) in [6.07, 6.45) is 0. The molecule has 0 spiro atoms. The molecule has 0 fully saturated rings. The summed E-state index contributed by atoms with van der Waals surface area (Å²) in [6.45, 7) is 8.36. The molecule has 0 heterocycles. The summed E-state index contributed by atoms with van der Waals surface area (Å²) in [5, 5.41) is 3.83. The standard InChI is InChI=1S/C20H23Cl2NO2/c1-13(14-5-7-15(8-6-14)20(2,3)4)23-19(24)12-25-18-10-9-16(21)11-17(18)22/h5-11,13H,12H2,1-4H3,(H,23,24)/t13-/m0/s1. The van der Waals surface area contributed by atoms with Gasteiger partial charge in [-0.25, -0.2) is 0 Å². The van der Waals surface area contributed by atoms with E-state index in [2.05, 4.69) is 38.2 Å². The molecule has 2 rings (SSSR count). The topological polar surface area (TPSA) is 38.3 Å². The van der Waals surface area contributed by atoms with Gasteiger partial charge in [-0.1, -0.05) is 68.2 Å². The molecule has 1 amide bonds. The number of rotatable bonds is 5. The average Bonchev–Trinajstić information content (AvgIpc) is 2.53. The van der Waals surface area contributed by atoms with Gasteiger partial charge in [0.05, 0.1) is 11.1 Å². The molecule has 0 bridgehead atoms. The maximum Gasteiger partial charge on any atom is 0.258 e. The fourth-order valence-corrected chi connectivity index (χ4v) is 2.84. The van der Waals surface area contributed by atoms with Crippen molar-refractivity contribution < 1.29 is 9.53 Å². The van der Waals surface area contributed by atoms with Crippen LogP contribution in [0.4, 0.5) is 0 Å². The Morgan fingerprint density at radius 3 is 2.32 bits per heavy atom. The van der Waals surface area contributed by atoms with E-state index >= 15 is 0 Å². The molecule has 0 saturated carbocycles. The highest BCUT2D eigenvalue weighted by molar-refractivity contribution is 6.35. The third kappa shape index (κ3) is 5.65. The van der Waals surface area contributed by atoms with Crippen LogP contribution in [0.3, 0.4) is 0 Å². The normalized spacial score (nSPS) is 12.6. The first-order valence-electron chi connectivity index (χ1n) is 8.14. The summed E-state index contributed by atoms with van der Waals surface area (Å²) < 4.78 is 5.45. The molecule has 0 aliphatic heterocycles. The van der Waals surface area contributed by atoms with E-state index in [1.807, 2.05) is 19.1 Å². The molecule has 2 aromatic carbocycles. The number of hydrogen-bond donors (Lipinski definition) is 1. The van der Waals surface area contributed by atoms with E-state index in [0.717, 1.165) is 5.56 Å². The Morgan fingerprint density at radius 1 is 1.12 bits per heavy atom. The Labute approximate surface area is 159 Å². The molecule has 3 nitrogen and oxygen atoms in total. The Kier molecular flexibility index (Phi) is 6.36. The quantitative estimate of drug-likeness (QED) is 0.739. The van der Waals surface area contributed by atoms with Crippen molar-refractivity contribution in [1.82, 2.24) is 5.32 Å². The van der Waals surface area contributed by atoms with E-state index in [9.17, 15) is 4.79 Å². The summed E-state index contributed by atoms with van der Waals surface area (Å²) in [4.78, 5) is 12.1. The van der Waals surface area contributed by atoms with Crippen LogP contribution in [0.25, 0.3) is 0 Å². The lowest BCUT2D eigenvalue weighted by molar-refractivity contribution is -0.123. The molecule has 1 N–H and O–H groups in total. The SMILES string of the molecule is C[C@H](NC(=O)COc1ccc(Cl)cc1Cl)c1ccc(C(C)(C)C)cc1. The summed E-state index contributed by atoms with van der Waals surface area (Å²) in [5.41, 5.74) is 2.41. The van der Waals surface area contributed by atoms with Crippen LogP contribution in [0.1, 0.15) is 44.9 Å². The minimum Gasteiger partial charge on any atom is -0.482 e. The van der Waals surface area contributed by atoms with Gasteiger partial charge in [0.25, 0.3) is 5.91 Å². The molecule has 0 saturated heterocycles. The van der Waals surface area contributed by atoms with Crippen LogP contribution in [0.5, 0.6) is 5.75 Å². The van der Waals surface area contributed by atoms with Crippen LogP contribution in [0, 0.1) is 0 Å². The second kappa shape index (κ2) is 8.11. The molecule has 0 radical (unpaired) electrons. The molecular weight excluding hydrogens is 357 g/mol. The van der Waals surface area contributed by atoms with Gasteiger partial charge in [0.15, 0.2) is 6.61 Å². The third-order valence-electron chi connectivity index (χ3n) is 3.91. The Hall–Kier alpha value is -1.71. The summed E-state index contributed by atoms with van der Waals surface area (Å²) in [7, 11) is 0. The third-order valence-corrected chi connectivity index (χ3v) is 4.44. The number of halogens is 2. The van der Waals surface area contributed by atoms with Crippen molar-refractivity contribution in [3.63, 3.8) is 0 Å². The first-order valence-corrected chi connectivity index (χ1v) is 8.90. The van der Waals surface area contributed by atoms with Crippen LogP contribution in [-0.4, -0.2) is 12.5 Å². The van der Waals surface area contributed by atoms with Gasteiger partial charge in [-0.15, -0.1) is 0 Å². The van der Waals surface area contributed by atoms with Crippen molar-refractivity contribution in [2.75, 3.05) is 6.61 Å². The average molecular weight is 380 g/mol. The molecule has 25 heavy (non-hydrogen) atoms. The predicted molar refractivity (Wildman–Crippen MR) is 104 cm³/mol. The first kappa shape index (κ1) is 19.6. The lowest BCUT2D eigenvalue weighted by Gasteiger charge is -2.20. The Bertz CT molecular complexity index is 736. The Balaban J connectivity index is 1.91. The molecular formula is C20H23Cl2NO2. The number of carbonyl (C=O) groups excluding carboxylic acids is 1. The van der Waals surface area contributed by atoms with Crippen molar-refractivity contribution in [3.8, 4) is 5.75 Å². The summed E-state index contributed by atoms with van der Waals surface area (Å²) in [5.74, 6) is 0.224.